The van der Waals surface area contributed by atoms with E-state index in [0.717, 1.165) is 12.8 Å². The Bertz CT molecular complexity index is 116. The lowest BCUT2D eigenvalue weighted by Gasteiger charge is -2.26. The number of rotatable bonds is 6. The number of nitrogens with two attached hydrogens (primary N) is 1. The lowest BCUT2D eigenvalue weighted by molar-refractivity contribution is -0.00297. The third-order valence-corrected chi connectivity index (χ3v) is 2.04. The minimum atomic E-state index is -2.40. The molecule has 0 aliphatic rings. The molecule has 0 radical (unpaired) electrons. The number of alkyl halides is 2. The second-order valence-corrected chi connectivity index (χ2v) is 2.98. The molecule has 0 rings (SSSR count). The van der Waals surface area contributed by atoms with Gasteiger partial charge in [0.15, 0.2) is 0 Å². The maximum absolute atomic E-state index is 11.7. The smallest absolute Gasteiger partial charge is 0.261 e. The lowest BCUT2D eigenvalue weighted by atomic mass is 9.96. The van der Waals surface area contributed by atoms with Crippen molar-refractivity contribution in [1.29, 1.82) is 0 Å². The fraction of sp³-hybridized carbons (Fsp3) is 1.00. The molecular weight excluding hydrogens is 164 g/mol. The van der Waals surface area contributed by atoms with Crippen molar-refractivity contribution < 1.29 is 13.5 Å². The van der Waals surface area contributed by atoms with E-state index in [1.54, 1.807) is 0 Å². The highest BCUT2D eigenvalue weighted by Gasteiger charge is 2.20. The van der Waals surface area contributed by atoms with Crippen LogP contribution in [0.1, 0.15) is 26.7 Å². The van der Waals surface area contributed by atoms with Crippen molar-refractivity contribution in [2.75, 3.05) is 13.2 Å². The molecule has 4 heteroatoms. The second kappa shape index (κ2) is 5.43. The van der Waals surface area contributed by atoms with Gasteiger partial charge in [-0.25, -0.2) is 8.78 Å². The Hall–Kier alpha value is -0.220. The fourth-order valence-electron chi connectivity index (χ4n) is 0.805. The molecule has 12 heavy (non-hydrogen) atoms. The number of ether oxygens (including phenoxy) is 1. The standard InChI is InChI=1S/C8H17F2NO/c1-3-8(11,4-2)6-12-5-7(9)10/h7H,3-6,11H2,1-2H3. The molecule has 0 saturated carbocycles. The first-order chi connectivity index (χ1) is 5.54. The van der Waals surface area contributed by atoms with Crippen molar-refractivity contribution in [3.05, 3.63) is 0 Å². The van der Waals surface area contributed by atoms with Gasteiger partial charge in [0.25, 0.3) is 6.43 Å². The zero-order chi connectivity index (χ0) is 9.61. The number of halogens is 2. The molecule has 0 unspecified atom stereocenters. The van der Waals surface area contributed by atoms with E-state index in [1.807, 2.05) is 13.8 Å². The summed E-state index contributed by atoms with van der Waals surface area (Å²) < 4.78 is 28.1. The molecule has 0 atom stereocenters. The molecule has 0 fully saturated rings. The maximum Gasteiger partial charge on any atom is 0.261 e. The molecule has 0 saturated heterocycles. The minimum absolute atomic E-state index is 0.213. The van der Waals surface area contributed by atoms with Gasteiger partial charge in [0, 0.05) is 5.54 Å². The molecule has 0 spiro atoms. The van der Waals surface area contributed by atoms with Gasteiger partial charge in [-0.15, -0.1) is 0 Å². The Kier molecular flexibility index (Phi) is 5.33. The summed E-state index contributed by atoms with van der Waals surface area (Å²) >= 11 is 0. The fourth-order valence-corrected chi connectivity index (χ4v) is 0.805. The van der Waals surface area contributed by atoms with Crippen molar-refractivity contribution in [1.82, 2.24) is 0 Å². The lowest BCUT2D eigenvalue weighted by Crippen LogP contribution is -2.43. The Labute approximate surface area is 72.1 Å². The molecule has 0 aromatic heterocycles. The van der Waals surface area contributed by atoms with Crippen molar-refractivity contribution >= 4 is 0 Å². The van der Waals surface area contributed by atoms with Gasteiger partial charge >= 0.3 is 0 Å². The van der Waals surface area contributed by atoms with Crippen LogP contribution in [0.5, 0.6) is 0 Å². The zero-order valence-corrected chi connectivity index (χ0v) is 7.65. The normalized spacial score (nSPS) is 12.5. The van der Waals surface area contributed by atoms with E-state index in [2.05, 4.69) is 0 Å². The second-order valence-electron chi connectivity index (χ2n) is 2.98. The molecule has 74 valence electrons. The molecule has 0 heterocycles. The van der Waals surface area contributed by atoms with E-state index in [0.29, 0.717) is 0 Å². The Morgan fingerprint density at radius 3 is 2.17 bits per heavy atom. The quantitative estimate of drug-likeness (QED) is 0.678. The van der Waals surface area contributed by atoms with E-state index in [1.165, 1.54) is 0 Å². The third-order valence-electron chi connectivity index (χ3n) is 2.04. The van der Waals surface area contributed by atoms with Crippen LogP contribution >= 0.6 is 0 Å². The predicted octanol–water partition coefficient (Wildman–Crippen LogP) is 1.79. The van der Waals surface area contributed by atoms with E-state index in [9.17, 15) is 8.78 Å². The molecular formula is C8H17F2NO. The zero-order valence-electron chi connectivity index (χ0n) is 7.65. The number of hydrogen-bond donors (Lipinski definition) is 1. The molecule has 0 aliphatic heterocycles. The molecule has 0 bridgehead atoms. The Balaban J connectivity index is 3.58. The van der Waals surface area contributed by atoms with Crippen molar-refractivity contribution in [3.63, 3.8) is 0 Å². The maximum atomic E-state index is 11.7. The first-order valence-electron chi connectivity index (χ1n) is 4.19. The average molecular weight is 181 g/mol. The van der Waals surface area contributed by atoms with Gasteiger partial charge in [-0.3, -0.25) is 0 Å². The van der Waals surface area contributed by atoms with Gasteiger partial charge in [-0.2, -0.15) is 0 Å². The van der Waals surface area contributed by atoms with E-state index in [-0.39, 0.29) is 6.61 Å². The van der Waals surface area contributed by atoms with Crippen LogP contribution in [0, 0.1) is 0 Å². The van der Waals surface area contributed by atoms with Crippen LogP contribution in [-0.4, -0.2) is 25.2 Å². The highest BCUT2D eigenvalue weighted by Crippen LogP contribution is 2.11. The predicted molar refractivity (Wildman–Crippen MR) is 44.3 cm³/mol. The van der Waals surface area contributed by atoms with Crippen LogP contribution in [0.25, 0.3) is 0 Å². The van der Waals surface area contributed by atoms with Gasteiger partial charge in [-0.1, -0.05) is 13.8 Å². The van der Waals surface area contributed by atoms with Crippen LogP contribution in [0.2, 0.25) is 0 Å². The van der Waals surface area contributed by atoms with Crippen LogP contribution in [0.4, 0.5) is 8.78 Å². The van der Waals surface area contributed by atoms with Crippen molar-refractivity contribution in [3.8, 4) is 0 Å². The van der Waals surface area contributed by atoms with Crippen molar-refractivity contribution in [2.45, 2.75) is 38.7 Å². The van der Waals surface area contributed by atoms with E-state index >= 15 is 0 Å². The largest absolute Gasteiger partial charge is 0.374 e. The van der Waals surface area contributed by atoms with Crippen molar-refractivity contribution in [2.24, 2.45) is 5.73 Å². The SMILES string of the molecule is CCC(N)(CC)COCC(F)F. The van der Waals surface area contributed by atoms with Crippen LogP contribution in [0.15, 0.2) is 0 Å². The molecule has 2 N–H and O–H groups in total. The summed E-state index contributed by atoms with van der Waals surface area (Å²) in [6.07, 6.45) is -0.914. The van der Waals surface area contributed by atoms with Crippen LogP contribution in [-0.2, 0) is 4.74 Å². The summed E-state index contributed by atoms with van der Waals surface area (Å²) in [5.41, 5.74) is 5.38. The summed E-state index contributed by atoms with van der Waals surface area (Å²) in [6, 6.07) is 0. The summed E-state index contributed by atoms with van der Waals surface area (Å²) in [7, 11) is 0. The average Bonchev–Trinajstić information content (AvgIpc) is 2.03. The first kappa shape index (κ1) is 11.8. The third kappa shape index (κ3) is 4.62. The Morgan fingerprint density at radius 1 is 1.33 bits per heavy atom. The van der Waals surface area contributed by atoms with E-state index < -0.39 is 18.6 Å². The minimum Gasteiger partial charge on any atom is -0.374 e. The first-order valence-corrected chi connectivity index (χ1v) is 4.19. The summed E-state index contributed by atoms with van der Waals surface area (Å²) in [6.45, 7) is 3.55. The summed E-state index contributed by atoms with van der Waals surface area (Å²) in [5, 5.41) is 0. The monoisotopic (exact) mass is 181 g/mol. The van der Waals surface area contributed by atoms with Gasteiger partial charge in [0.1, 0.15) is 6.61 Å². The molecule has 0 aromatic carbocycles. The van der Waals surface area contributed by atoms with Crippen LogP contribution < -0.4 is 5.73 Å². The van der Waals surface area contributed by atoms with E-state index in [4.69, 9.17) is 10.5 Å². The topological polar surface area (TPSA) is 35.2 Å². The summed E-state index contributed by atoms with van der Waals surface area (Å²) in [5.74, 6) is 0. The molecule has 0 amide bonds. The molecule has 2 nitrogen and oxygen atoms in total. The van der Waals surface area contributed by atoms with Crippen LogP contribution in [0.3, 0.4) is 0 Å². The molecule has 0 aliphatic carbocycles. The molecule has 0 aromatic rings. The van der Waals surface area contributed by atoms with Gasteiger partial charge < -0.3 is 10.5 Å². The Morgan fingerprint density at radius 2 is 1.83 bits per heavy atom. The summed E-state index contributed by atoms with van der Waals surface area (Å²) in [4.78, 5) is 0. The highest BCUT2D eigenvalue weighted by atomic mass is 19.3. The van der Waals surface area contributed by atoms with Gasteiger partial charge in [0.05, 0.1) is 6.61 Å². The van der Waals surface area contributed by atoms with Gasteiger partial charge in [-0.05, 0) is 12.8 Å². The number of hydrogen-bond acceptors (Lipinski definition) is 2. The van der Waals surface area contributed by atoms with Gasteiger partial charge in [0.2, 0.25) is 0 Å². The highest BCUT2D eigenvalue weighted by molar-refractivity contribution is 4.80.